The van der Waals surface area contributed by atoms with Crippen LogP contribution in [0.5, 0.6) is 0 Å². The number of amides is 3. The van der Waals surface area contributed by atoms with Crippen LogP contribution in [-0.2, 0) is 0 Å². The summed E-state index contributed by atoms with van der Waals surface area (Å²) in [6.07, 6.45) is 0. The Labute approximate surface area is 165 Å². The smallest absolute Gasteiger partial charge is 0.321 e. The second-order valence-electron chi connectivity index (χ2n) is 6.41. The van der Waals surface area contributed by atoms with E-state index in [4.69, 9.17) is 0 Å². The third-order valence-corrected chi connectivity index (χ3v) is 5.52. The fraction of sp³-hybridized carbons (Fsp3) is 0.143. The zero-order chi connectivity index (χ0) is 19.5. The molecule has 4 rings (SSSR count). The van der Waals surface area contributed by atoms with Crippen LogP contribution in [0.2, 0.25) is 0 Å². The molecule has 142 valence electrons. The normalized spacial score (nSPS) is 14.6. The Morgan fingerprint density at radius 3 is 2.64 bits per heavy atom. The maximum absolute atomic E-state index is 13.3. The van der Waals surface area contributed by atoms with Crippen molar-refractivity contribution in [3.63, 3.8) is 0 Å². The number of hydrogen-bond donors (Lipinski definition) is 2. The number of hydrogen-bond acceptors (Lipinski definition) is 3. The lowest BCUT2D eigenvalue weighted by atomic mass is 10.0. The van der Waals surface area contributed by atoms with E-state index in [0.29, 0.717) is 24.3 Å². The number of carbonyl (C=O) groups is 2. The van der Waals surface area contributed by atoms with E-state index in [-0.39, 0.29) is 23.8 Å². The zero-order valence-electron chi connectivity index (χ0n) is 14.9. The Balaban J connectivity index is 1.60. The lowest BCUT2D eigenvalue weighted by Crippen LogP contribution is -2.30. The van der Waals surface area contributed by atoms with Crippen molar-refractivity contribution in [1.82, 2.24) is 10.6 Å². The summed E-state index contributed by atoms with van der Waals surface area (Å²) >= 11 is 1.52. The SMILES string of the molecule is O=C(NC(c1ccc(F)cc1)c1cccs1)c1cccc(N2CCNC2=O)c1. The molecule has 1 fully saturated rings. The van der Waals surface area contributed by atoms with E-state index in [2.05, 4.69) is 10.6 Å². The second kappa shape index (κ2) is 7.82. The largest absolute Gasteiger partial charge is 0.340 e. The average Bonchev–Trinajstić information content (AvgIpc) is 3.39. The van der Waals surface area contributed by atoms with Crippen molar-refractivity contribution >= 4 is 29.0 Å². The maximum atomic E-state index is 13.3. The van der Waals surface area contributed by atoms with E-state index in [1.165, 1.54) is 23.5 Å². The number of halogens is 1. The van der Waals surface area contributed by atoms with Crippen molar-refractivity contribution in [1.29, 1.82) is 0 Å². The van der Waals surface area contributed by atoms with Gasteiger partial charge in [-0.1, -0.05) is 24.3 Å². The highest BCUT2D eigenvalue weighted by atomic mass is 32.1. The van der Waals surface area contributed by atoms with E-state index in [1.807, 2.05) is 17.5 Å². The first-order valence-electron chi connectivity index (χ1n) is 8.87. The summed E-state index contributed by atoms with van der Waals surface area (Å²) in [6.45, 7) is 1.15. The summed E-state index contributed by atoms with van der Waals surface area (Å²) in [5, 5.41) is 7.72. The molecule has 2 heterocycles. The van der Waals surface area contributed by atoms with Crippen LogP contribution >= 0.6 is 11.3 Å². The van der Waals surface area contributed by atoms with E-state index >= 15 is 0 Å². The molecule has 1 unspecified atom stereocenters. The number of nitrogens with one attached hydrogen (secondary N) is 2. The molecule has 3 aromatic rings. The summed E-state index contributed by atoms with van der Waals surface area (Å²) < 4.78 is 13.3. The van der Waals surface area contributed by atoms with Crippen molar-refractivity contribution in [2.75, 3.05) is 18.0 Å². The minimum Gasteiger partial charge on any atom is -0.340 e. The number of nitrogens with zero attached hydrogens (tertiary/aromatic N) is 1. The number of carbonyl (C=O) groups excluding carboxylic acids is 2. The molecule has 0 aliphatic carbocycles. The van der Waals surface area contributed by atoms with E-state index in [9.17, 15) is 14.0 Å². The molecule has 1 saturated heterocycles. The number of thiophene rings is 1. The molecule has 1 atom stereocenters. The molecule has 2 N–H and O–H groups in total. The van der Waals surface area contributed by atoms with Crippen molar-refractivity contribution in [2.24, 2.45) is 0 Å². The van der Waals surface area contributed by atoms with Gasteiger partial charge in [-0.25, -0.2) is 9.18 Å². The summed E-state index contributed by atoms with van der Waals surface area (Å²) in [7, 11) is 0. The predicted molar refractivity (Wildman–Crippen MR) is 107 cm³/mol. The van der Waals surface area contributed by atoms with E-state index < -0.39 is 0 Å². The monoisotopic (exact) mass is 395 g/mol. The molecule has 28 heavy (non-hydrogen) atoms. The Hall–Kier alpha value is -3.19. The van der Waals surface area contributed by atoms with Gasteiger partial charge >= 0.3 is 6.03 Å². The standard InChI is InChI=1S/C21H18FN3O2S/c22-16-8-6-14(7-9-16)19(18-5-2-12-28-18)24-20(26)15-3-1-4-17(13-15)25-11-10-23-21(25)27/h1-9,12-13,19H,10-11H2,(H,23,27)(H,24,26). The molecule has 0 radical (unpaired) electrons. The first kappa shape index (κ1) is 18.2. The number of benzene rings is 2. The van der Waals surface area contributed by atoms with Crippen LogP contribution in [0.25, 0.3) is 0 Å². The lowest BCUT2D eigenvalue weighted by molar-refractivity contribution is 0.0943. The van der Waals surface area contributed by atoms with Gasteiger partial charge in [0.05, 0.1) is 6.04 Å². The van der Waals surface area contributed by atoms with Crippen LogP contribution < -0.4 is 15.5 Å². The molecule has 5 nitrogen and oxygen atoms in total. The van der Waals surface area contributed by atoms with Crippen LogP contribution in [0, 0.1) is 5.82 Å². The topological polar surface area (TPSA) is 61.4 Å². The first-order chi connectivity index (χ1) is 13.6. The van der Waals surface area contributed by atoms with Gasteiger partial charge in [-0.2, -0.15) is 0 Å². The van der Waals surface area contributed by atoms with Gasteiger partial charge in [0.25, 0.3) is 5.91 Å². The average molecular weight is 395 g/mol. The van der Waals surface area contributed by atoms with Gasteiger partial charge < -0.3 is 10.6 Å². The van der Waals surface area contributed by atoms with E-state index in [1.54, 1.807) is 41.3 Å². The Bertz CT molecular complexity index is 989. The van der Waals surface area contributed by atoms with Crippen molar-refractivity contribution < 1.29 is 14.0 Å². The fourth-order valence-corrected chi connectivity index (χ4v) is 3.98. The van der Waals surface area contributed by atoms with Gasteiger partial charge in [-0.3, -0.25) is 9.69 Å². The lowest BCUT2D eigenvalue weighted by Gasteiger charge is -2.19. The third-order valence-electron chi connectivity index (χ3n) is 4.58. The van der Waals surface area contributed by atoms with Crippen molar-refractivity contribution in [3.05, 3.63) is 87.9 Å². The third kappa shape index (κ3) is 3.75. The number of urea groups is 1. The van der Waals surface area contributed by atoms with Crippen molar-refractivity contribution in [2.45, 2.75) is 6.04 Å². The molecule has 1 aromatic heterocycles. The fourth-order valence-electron chi connectivity index (χ4n) is 3.18. The summed E-state index contributed by atoms with van der Waals surface area (Å²) in [4.78, 5) is 27.4. The van der Waals surface area contributed by atoms with Gasteiger partial charge in [-0.15, -0.1) is 11.3 Å². The van der Waals surface area contributed by atoms with Gasteiger partial charge in [0.15, 0.2) is 0 Å². The molecule has 1 aliphatic heterocycles. The highest BCUT2D eigenvalue weighted by Crippen LogP contribution is 2.27. The van der Waals surface area contributed by atoms with Crippen LogP contribution in [-0.4, -0.2) is 25.0 Å². The van der Waals surface area contributed by atoms with Gasteiger partial charge in [0.2, 0.25) is 0 Å². The van der Waals surface area contributed by atoms with Gasteiger partial charge in [0, 0.05) is 29.2 Å². The Morgan fingerprint density at radius 2 is 1.96 bits per heavy atom. The molecule has 0 bridgehead atoms. The first-order valence-corrected chi connectivity index (χ1v) is 9.75. The number of rotatable bonds is 5. The molecule has 7 heteroatoms. The molecule has 0 spiro atoms. The van der Waals surface area contributed by atoms with Gasteiger partial charge in [0.1, 0.15) is 5.82 Å². The van der Waals surface area contributed by atoms with Crippen LogP contribution in [0.15, 0.2) is 66.0 Å². The Morgan fingerprint density at radius 1 is 1.14 bits per heavy atom. The highest BCUT2D eigenvalue weighted by molar-refractivity contribution is 7.10. The van der Waals surface area contributed by atoms with Crippen LogP contribution in [0.4, 0.5) is 14.9 Å². The predicted octanol–water partition coefficient (Wildman–Crippen LogP) is 3.94. The molecule has 3 amide bonds. The second-order valence-corrected chi connectivity index (χ2v) is 7.39. The van der Waals surface area contributed by atoms with Gasteiger partial charge in [-0.05, 0) is 47.3 Å². The summed E-state index contributed by atoms with van der Waals surface area (Å²) in [5.41, 5.74) is 1.94. The summed E-state index contributed by atoms with van der Waals surface area (Å²) in [5.74, 6) is -0.583. The minimum absolute atomic E-state index is 0.166. The van der Waals surface area contributed by atoms with Crippen molar-refractivity contribution in [3.8, 4) is 0 Å². The quantitative estimate of drug-likeness (QED) is 0.688. The molecule has 2 aromatic carbocycles. The van der Waals surface area contributed by atoms with Crippen LogP contribution in [0.3, 0.4) is 0 Å². The van der Waals surface area contributed by atoms with E-state index in [0.717, 1.165) is 10.4 Å². The minimum atomic E-state index is -0.383. The Kier molecular flexibility index (Phi) is 5.08. The molecule has 1 aliphatic rings. The summed E-state index contributed by atoms with van der Waals surface area (Å²) in [6, 6.07) is 16.4. The number of anilines is 1. The maximum Gasteiger partial charge on any atom is 0.321 e. The molecular weight excluding hydrogens is 377 g/mol. The van der Waals surface area contributed by atoms with Crippen LogP contribution in [0.1, 0.15) is 26.8 Å². The molecule has 0 saturated carbocycles. The molecular formula is C21H18FN3O2S. The highest BCUT2D eigenvalue weighted by Gasteiger charge is 2.23. The zero-order valence-corrected chi connectivity index (χ0v) is 15.7.